The Bertz CT molecular complexity index is 568. The van der Waals surface area contributed by atoms with Gasteiger partial charge in [0, 0.05) is 32.7 Å². The first-order chi connectivity index (χ1) is 8.02. The molecular weight excluding hydrogens is 293 g/mol. The second-order valence-electron chi connectivity index (χ2n) is 4.82. The van der Waals surface area contributed by atoms with Gasteiger partial charge in [-0.1, -0.05) is 26.0 Å². The van der Waals surface area contributed by atoms with E-state index in [0.29, 0.717) is 0 Å². The number of hydrogen-bond acceptors (Lipinski definition) is 0. The Balaban J connectivity index is 0.00000162. The van der Waals surface area contributed by atoms with Gasteiger partial charge in [-0.25, -0.2) is 0 Å². The largest absolute Gasteiger partial charge is 0.180 e. The fourth-order valence-corrected chi connectivity index (χ4v) is 2.22. The first-order valence-corrected chi connectivity index (χ1v) is 6.07. The van der Waals surface area contributed by atoms with Crippen molar-refractivity contribution in [1.82, 2.24) is 0 Å². The maximum atomic E-state index is 3.26. The van der Waals surface area contributed by atoms with E-state index in [1.165, 1.54) is 38.9 Å². The molecule has 0 bridgehead atoms. The minimum atomic E-state index is 0. The van der Waals surface area contributed by atoms with Gasteiger partial charge in [-0.2, -0.15) is 23.8 Å². The molecule has 0 aromatic heterocycles. The third-order valence-electron chi connectivity index (χ3n) is 3.86. The van der Waals surface area contributed by atoms with E-state index in [9.17, 15) is 0 Å². The molecule has 0 aliphatic rings. The van der Waals surface area contributed by atoms with Crippen molar-refractivity contribution >= 4 is 0 Å². The Hall–Kier alpha value is -0.456. The molecule has 0 spiro atoms. The van der Waals surface area contributed by atoms with Crippen LogP contribution in [0, 0.1) is 40.7 Å². The zero-order valence-electron chi connectivity index (χ0n) is 11.9. The molecule has 2 aromatic rings. The Kier molecular flexibility index (Phi) is 5.31. The van der Waals surface area contributed by atoms with E-state index < -0.39 is 0 Å². The summed E-state index contributed by atoms with van der Waals surface area (Å²) in [6.45, 7) is 10.9. The van der Waals surface area contributed by atoms with Crippen molar-refractivity contribution in [2.45, 2.75) is 34.6 Å². The van der Waals surface area contributed by atoms with Gasteiger partial charge in [0.15, 0.2) is 0 Å². The summed E-state index contributed by atoms with van der Waals surface area (Å²) in [5, 5.41) is 0. The zero-order chi connectivity index (χ0) is 12.6. The molecule has 2 rings (SSSR count). The molecule has 0 saturated heterocycles. The van der Waals surface area contributed by atoms with E-state index in [4.69, 9.17) is 0 Å². The number of rotatable bonds is 1. The molecule has 0 atom stereocenters. The van der Waals surface area contributed by atoms with Crippen molar-refractivity contribution in [2.75, 3.05) is 0 Å². The van der Waals surface area contributed by atoms with E-state index in [2.05, 4.69) is 58.9 Å². The molecule has 91 valence electrons. The zero-order valence-corrected chi connectivity index (χ0v) is 14.7. The molecule has 0 unspecified atom stereocenters. The summed E-state index contributed by atoms with van der Waals surface area (Å²) in [5.41, 5.74) is 9.40. The molecule has 0 amide bonds. The summed E-state index contributed by atoms with van der Waals surface area (Å²) in [4.78, 5) is 0. The van der Waals surface area contributed by atoms with E-state index in [-0.39, 0.29) is 32.7 Å². The predicted molar refractivity (Wildman–Crippen MR) is 74.4 cm³/mol. The third kappa shape index (κ3) is 2.76. The van der Waals surface area contributed by atoms with Gasteiger partial charge < -0.3 is 0 Å². The van der Waals surface area contributed by atoms with Gasteiger partial charge in [-0.15, -0.1) is 11.1 Å². The molecule has 1 heteroatoms. The second kappa shape index (κ2) is 6.13. The van der Waals surface area contributed by atoms with Crippen LogP contribution in [0.4, 0.5) is 0 Å². The molecule has 1 radical (unpaired) electrons. The summed E-state index contributed by atoms with van der Waals surface area (Å²) >= 11 is 0. The minimum Gasteiger partial charge on any atom is -0.180 e. The van der Waals surface area contributed by atoms with Crippen LogP contribution in [-0.2, 0) is 32.7 Å². The first-order valence-electron chi connectivity index (χ1n) is 6.07. The number of aryl methyl sites for hydroxylation is 2. The van der Waals surface area contributed by atoms with Crippen molar-refractivity contribution in [1.29, 1.82) is 0 Å². The summed E-state index contributed by atoms with van der Waals surface area (Å²) in [7, 11) is 0. The topological polar surface area (TPSA) is 0 Å². The van der Waals surface area contributed by atoms with E-state index in [1.54, 1.807) is 0 Å². The van der Waals surface area contributed by atoms with Crippen molar-refractivity contribution in [3.63, 3.8) is 0 Å². The summed E-state index contributed by atoms with van der Waals surface area (Å²) in [6, 6.07) is 11.9. The van der Waals surface area contributed by atoms with Gasteiger partial charge in [0.05, 0.1) is 0 Å². The molecule has 2 aromatic carbocycles. The van der Waals surface area contributed by atoms with E-state index in [0.717, 1.165) is 0 Å². The van der Waals surface area contributed by atoms with Gasteiger partial charge in [-0.05, 0) is 43.0 Å². The van der Waals surface area contributed by atoms with Crippen LogP contribution < -0.4 is 0 Å². The summed E-state index contributed by atoms with van der Waals surface area (Å²) < 4.78 is 0. The van der Waals surface area contributed by atoms with Gasteiger partial charge in [0.1, 0.15) is 0 Å². The van der Waals surface area contributed by atoms with E-state index in [1.807, 2.05) is 6.07 Å². The van der Waals surface area contributed by atoms with Gasteiger partial charge >= 0.3 is 0 Å². The van der Waals surface area contributed by atoms with Crippen LogP contribution in [0.25, 0.3) is 11.1 Å². The quantitative estimate of drug-likeness (QED) is 0.670. The van der Waals surface area contributed by atoms with Crippen LogP contribution in [-0.4, -0.2) is 0 Å². The fraction of sp³-hybridized carbons (Fsp3) is 0.294. The van der Waals surface area contributed by atoms with Gasteiger partial charge in [-0.3, -0.25) is 0 Å². The van der Waals surface area contributed by atoms with Crippen molar-refractivity contribution in [3.05, 3.63) is 58.1 Å². The summed E-state index contributed by atoms with van der Waals surface area (Å²) in [6.07, 6.45) is 0. The molecular formula is C17H19Y-. The van der Waals surface area contributed by atoms with Crippen molar-refractivity contribution < 1.29 is 32.7 Å². The van der Waals surface area contributed by atoms with Gasteiger partial charge in [0.2, 0.25) is 0 Å². The molecule has 0 saturated carbocycles. The molecule has 0 nitrogen and oxygen atoms in total. The average Bonchev–Trinajstić information content (AvgIpc) is 2.31. The molecule has 18 heavy (non-hydrogen) atoms. The monoisotopic (exact) mass is 312 g/mol. The van der Waals surface area contributed by atoms with Crippen LogP contribution in [0.2, 0.25) is 0 Å². The predicted octanol–water partition coefficient (Wildman–Crippen LogP) is 4.69. The molecule has 0 aliphatic heterocycles. The smallest absolute Gasteiger partial charge is 0 e. The van der Waals surface area contributed by atoms with Gasteiger partial charge in [0.25, 0.3) is 0 Å². The van der Waals surface area contributed by atoms with Crippen LogP contribution in [0.15, 0.2) is 24.3 Å². The molecule has 0 heterocycles. The van der Waals surface area contributed by atoms with Crippen LogP contribution in [0.1, 0.15) is 27.8 Å². The molecule has 0 N–H and O–H groups in total. The average molecular weight is 312 g/mol. The normalized spacial score (nSPS) is 10.1. The Morgan fingerprint density at radius 3 is 2.00 bits per heavy atom. The SMILES string of the molecule is Cc1[c-]ccc(-c2ccc(C)c(C)c2C)c1C.[Y]. The summed E-state index contributed by atoms with van der Waals surface area (Å²) in [5.74, 6) is 0. The number of hydrogen-bond donors (Lipinski definition) is 0. The second-order valence-corrected chi connectivity index (χ2v) is 4.82. The Morgan fingerprint density at radius 2 is 1.33 bits per heavy atom. The molecule has 0 fully saturated rings. The Morgan fingerprint density at radius 1 is 0.722 bits per heavy atom. The maximum Gasteiger partial charge on any atom is 0 e. The van der Waals surface area contributed by atoms with Crippen LogP contribution >= 0.6 is 0 Å². The number of benzene rings is 2. The fourth-order valence-electron chi connectivity index (χ4n) is 2.22. The van der Waals surface area contributed by atoms with Crippen LogP contribution in [0.5, 0.6) is 0 Å². The molecule has 0 aliphatic carbocycles. The van der Waals surface area contributed by atoms with Crippen molar-refractivity contribution in [2.24, 2.45) is 0 Å². The van der Waals surface area contributed by atoms with Crippen LogP contribution in [0.3, 0.4) is 0 Å². The van der Waals surface area contributed by atoms with Crippen molar-refractivity contribution in [3.8, 4) is 11.1 Å². The minimum absolute atomic E-state index is 0. The Labute approximate surface area is 136 Å². The third-order valence-corrected chi connectivity index (χ3v) is 3.86. The first kappa shape index (κ1) is 15.6. The maximum absolute atomic E-state index is 3.26. The van der Waals surface area contributed by atoms with E-state index >= 15 is 0 Å². The standard InChI is InChI=1S/C17H19.Y/c1-11-7-6-8-16(14(11)4)17-10-9-12(2)13(3)15(17)5;/h6,8-10H,1-5H3;/q-1;.